The van der Waals surface area contributed by atoms with Crippen LogP contribution in [-0.4, -0.2) is 35.1 Å². The molecule has 2 nitrogen and oxygen atoms in total. The van der Waals surface area contributed by atoms with E-state index in [-0.39, 0.29) is 24.1 Å². The van der Waals surface area contributed by atoms with Gasteiger partial charge in [-0.2, -0.15) is 13.2 Å². The summed E-state index contributed by atoms with van der Waals surface area (Å²) in [7, 11) is 0. The lowest BCUT2D eigenvalue weighted by molar-refractivity contribution is -0.0327. The Morgan fingerprint density at radius 1 is 1.33 bits per heavy atom. The number of halogens is 3. The van der Waals surface area contributed by atoms with Crippen LogP contribution in [0.3, 0.4) is 0 Å². The van der Waals surface area contributed by atoms with Gasteiger partial charge in [0.25, 0.3) is 0 Å². The number of nitrogens with one attached hydrogen (secondary N) is 1. The lowest BCUT2D eigenvalue weighted by Gasteiger charge is -2.22. The third-order valence-corrected chi connectivity index (χ3v) is 2.57. The SMILES string of the molecule is CCCC(C)(O)CNCCSC(F)(F)F. The molecule has 0 aromatic heterocycles. The van der Waals surface area contributed by atoms with Crippen molar-refractivity contribution in [1.29, 1.82) is 0 Å². The van der Waals surface area contributed by atoms with Crippen molar-refractivity contribution < 1.29 is 18.3 Å². The average Bonchev–Trinajstić information content (AvgIpc) is 2.00. The van der Waals surface area contributed by atoms with Gasteiger partial charge in [0, 0.05) is 18.8 Å². The van der Waals surface area contributed by atoms with E-state index in [0.717, 1.165) is 6.42 Å². The molecule has 2 N–H and O–H groups in total. The number of alkyl halides is 3. The van der Waals surface area contributed by atoms with E-state index >= 15 is 0 Å². The van der Waals surface area contributed by atoms with Crippen molar-refractivity contribution in [2.24, 2.45) is 0 Å². The van der Waals surface area contributed by atoms with Crippen molar-refractivity contribution in [3.63, 3.8) is 0 Å². The molecule has 15 heavy (non-hydrogen) atoms. The molecule has 0 saturated carbocycles. The first kappa shape index (κ1) is 15.1. The van der Waals surface area contributed by atoms with Crippen LogP contribution in [0, 0.1) is 0 Å². The summed E-state index contributed by atoms with van der Waals surface area (Å²) in [5.41, 5.74) is -4.98. The first-order chi connectivity index (χ1) is 6.77. The van der Waals surface area contributed by atoms with Gasteiger partial charge >= 0.3 is 5.51 Å². The molecule has 1 unspecified atom stereocenters. The van der Waals surface area contributed by atoms with Crippen LogP contribution in [0.5, 0.6) is 0 Å². The van der Waals surface area contributed by atoms with Gasteiger partial charge in [-0.3, -0.25) is 0 Å². The van der Waals surface area contributed by atoms with Crippen molar-refractivity contribution in [2.75, 3.05) is 18.8 Å². The van der Waals surface area contributed by atoms with Gasteiger partial charge in [-0.05, 0) is 25.1 Å². The van der Waals surface area contributed by atoms with Crippen molar-refractivity contribution in [3.8, 4) is 0 Å². The van der Waals surface area contributed by atoms with Crippen LogP contribution in [0.2, 0.25) is 0 Å². The molecule has 0 aliphatic heterocycles. The van der Waals surface area contributed by atoms with Gasteiger partial charge < -0.3 is 10.4 Å². The van der Waals surface area contributed by atoms with Crippen LogP contribution in [0.1, 0.15) is 26.7 Å². The highest BCUT2D eigenvalue weighted by Gasteiger charge is 2.27. The number of thioether (sulfide) groups is 1. The molecule has 0 saturated heterocycles. The van der Waals surface area contributed by atoms with E-state index in [1.165, 1.54) is 0 Å². The summed E-state index contributed by atoms with van der Waals surface area (Å²) in [6, 6.07) is 0. The Morgan fingerprint density at radius 2 is 1.93 bits per heavy atom. The monoisotopic (exact) mass is 245 g/mol. The van der Waals surface area contributed by atoms with Crippen molar-refractivity contribution in [2.45, 2.75) is 37.8 Å². The highest BCUT2D eigenvalue weighted by atomic mass is 32.2. The Balaban J connectivity index is 3.46. The fourth-order valence-electron chi connectivity index (χ4n) is 1.22. The molecular weight excluding hydrogens is 227 g/mol. The average molecular weight is 245 g/mol. The zero-order valence-electron chi connectivity index (χ0n) is 9.02. The standard InChI is InChI=1S/C9H18F3NOS/c1-3-4-8(2,14)7-13-5-6-15-9(10,11)12/h13-14H,3-7H2,1-2H3. The van der Waals surface area contributed by atoms with E-state index in [1.54, 1.807) is 6.92 Å². The second-order valence-corrected chi connectivity index (χ2v) is 4.88. The molecule has 0 bridgehead atoms. The minimum absolute atomic E-state index is 0.0221. The summed E-state index contributed by atoms with van der Waals surface area (Å²) in [5, 5.41) is 12.5. The van der Waals surface area contributed by atoms with Gasteiger partial charge in [-0.1, -0.05) is 13.3 Å². The first-order valence-corrected chi connectivity index (χ1v) is 5.89. The van der Waals surface area contributed by atoms with Crippen LogP contribution in [0.25, 0.3) is 0 Å². The maximum absolute atomic E-state index is 11.7. The fraction of sp³-hybridized carbons (Fsp3) is 1.00. The number of hydrogen-bond acceptors (Lipinski definition) is 3. The summed E-state index contributed by atoms with van der Waals surface area (Å²) >= 11 is -0.0466. The number of hydrogen-bond donors (Lipinski definition) is 2. The second kappa shape index (κ2) is 6.60. The van der Waals surface area contributed by atoms with Crippen LogP contribution < -0.4 is 5.32 Å². The van der Waals surface area contributed by atoms with E-state index in [9.17, 15) is 18.3 Å². The molecule has 0 radical (unpaired) electrons. The van der Waals surface area contributed by atoms with Gasteiger partial charge in [-0.25, -0.2) is 0 Å². The third kappa shape index (κ3) is 10.3. The predicted octanol–water partition coefficient (Wildman–Crippen LogP) is 2.38. The van der Waals surface area contributed by atoms with Gasteiger partial charge in [0.05, 0.1) is 5.60 Å². The number of aliphatic hydroxyl groups is 1. The highest BCUT2D eigenvalue weighted by Crippen LogP contribution is 2.29. The largest absolute Gasteiger partial charge is 0.441 e. The highest BCUT2D eigenvalue weighted by molar-refractivity contribution is 8.00. The lowest BCUT2D eigenvalue weighted by atomic mass is 10.0. The molecule has 92 valence electrons. The second-order valence-electron chi connectivity index (χ2n) is 3.72. The molecule has 0 heterocycles. The molecule has 0 aliphatic carbocycles. The smallest absolute Gasteiger partial charge is 0.389 e. The Morgan fingerprint density at radius 3 is 2.40 bits per heavy atom. The summed E-state index contributed by atoms with van der Waals surface area (Å²) in [4.78, 5) is 0. The van der Waals surface area contributed by atoms with Crippen molar-refractivity contribution in [3.05, 3.63) is 0 Å². The predicted molar refractivity (Wildman–Crippen MR) is 56.9 cm³/mol. The molecule has 0 amide bonds. The molecule has 0 rings (SSSR count). The van der Waals surface area contributed by atoms with E-state index < -0.39 is 11.1 Å². The molecule has 0 aromatic carbocycles. The molecule has 0 aromatic rings. The topological polar surface area (TPSA) is 32.3 Å². The van der Waals surface area contributed by atoms with Crippen LogP contribution in [0.4, 0.5) is 13.2 Å². The summed E-state index contributed by atoms with van der Waals surface area (Å²) in [6.07, 6.45) is 1.50. The maximum atomic E-state index is 11.7. The fourth-order valence-corrected chi connectivity index (χ4v) is 1.70. The Hall–Kier alpha value is 0.0600. The minimum atomic E-state index is -4.16. The molecule has 0 spiro atoms. The summed E-state index contributed by atoms with van der Waals surface area (Å²) in [6.45, 7) is 4.22. The van der Waals surface area contributed by atoms with Crippen molar-refractivity contribution in [1.82, 2.24) is 5.32 Å². The third-order valence-electron chi connectivity index (χ3n) is 1.84. The van der Waals surface area contributed by atoms with E-state index in [4.69, 9.17) is 0 Å². The summed E-state index contributed by atoms with van der Waals surface area (Å²) in [5.74, 6) is -0.0221. The Labute approximate surface area is 92.6 Å². The quantitative estimate of drug-likeness (QED) is 0.675. The molecular formula is C9H18F3NOS. The normalized spacial score (nSPS) is 16.4. The van der Waals surface area contributed by atoms with Gasteiger partial charge in [0.2, 0.25) is 0 Å². The summed E-state index contributed by atoms with van der Waals surface area (Å²) < 4.78 is 35.2. The molecule has 0 fully saturated rings. The zero-order chi connectivity index (χ0) is 11.9. The minimum Gasteiger partial charge on any atom is -0.389 e. The van der Waals surface area contributed by atoms with Gasteiger partial charge in [0.15, 0.2) is 0 Å². The maximum Gasteiger partial charge on any atom is 0.441 e. The van der Waals surface area contributed by atoms with Crippen LogP contribution in [-0.2, 0) is 0 Å². The lowest BCUT2D eigenvalue weighted by Crippen LogP contribution is -2.38. The van der Waals surface area contributed by atoms with E-state index in [0.29, 0.717) is 13.0 Å². The Bertz CT molecular complexity index is 173. The first-order valence-electron chi connectivity index (χ1n) is 4.90. The number of rotatable bonds is 7. The van der Waals surface area contributed by atoms with Gasteiger partial charge in [-0.15, -0.1) is 0 Å². The van der Waals surface area contributed by atoms with Crippen LogP contribution in [0.15, 0.2) is 0 Å². The van der Waals surface area contributed by atoms with Crippen molar-refractivity contribution >= 4 is 11.8 Å². The molecule has 6 heteroatoms. The molecule has 0 aliphatic rings. The van der Waals surface area contributed by atoms with E-state index in [2.05, 4.69) is 5.32 Å². The Kier molecular flexibility index (Phi) is 6.63. The van der Waals surface area contributed by atoms with E-state index in [1.807, 2.05) is 6.92 Å². The van der Waals surface area contributed by atoms with Crippen LogP contribution >= 0.6 is 11.8 Å². The molecule has 1 atom stereocenters. The van der Waals surface area contributed by atoms with Gasteiger partial charge in [0.1, 0.15) is 0 Å². The zero-order valence-corrected chi connectivity index (χ0v) is 9.84.